The van der Waals surface area contributed by atoms with Crippen molar-refractivity contribution >= 4 is 32.0 Å². The lowest BCUT2D eigenvalue weighted by molar-refractivity contribution is 0.599. The van der Waals surface area contributed by atoms with Gasteiger partial charge < -0.3 is 0 Å². The highest BCUT2D eigenvalue weighted by molar-refractivity contribution is 7.92. The van der Waals surface area contributed by atoms with Gasteiger partial charge in [0.2, 0.25) is 0 Å². The molecule has 1 N–H and O–H groups in total. The molecule has 0 radical (unpaired) electrons. The molecule has 4 rings (SSSR count). The van der Waals surface area contributed by atoms with Gasteiger partial charge in [0.05, 0.1) is 10.6 Å². The first-order chi connectivity index (χ1) is 12.4. The number of fused-ring (bicyclic) bond motifs is 1. The Kier molecular flexibility index (Phi) is 4.01. The molecular formula is C18H14FN3O2S2. The Labute approximate surface area is 153 Å². The minimum Gasteiger partial charge on any atom is -0.294 e. The molecule has 2 heterocycles. The Balaban J connectivity index is 1.58. The Morgan fingerprint density at radius 1 is 1.08 bits per heavy atom. The van der Waals surface area contributed by atoms with E-state index in [0.29, 0.717) is 5.69 Å². The van der Waals surface area contributed by atoms with Gasteiger partial charge in [-0.3, -0.25) is 9.12 Å². The van der Waals surface area contributed by atoms with E-state index in [2.05, 4.69) is 9.71 Å². The van der Waals surface area contributed by atoms with Crippen molar-refractivity contribution in [1.82, 2.24) is 9.38 Å². The van der Waals surface area contributed by atoms with Crippen LogP contribution in [0.25, 0.3) is 16.2 Å². The van der Waals surface area contributed by atoms with Crippen LogP contribution >= 0.6 is 11.3 Å². The Morgan fingerprint density at radius 3 is 2.42 bits per heavy atom. The first-order valence-corrected chi connectivity index (χ1v) is 10.1. The fourth-order valence-electron chi connectivity index (χ4n) is 2.57. The van der Waals surface area contributed by atoms with Crippen molar-refractivity contribution in [2.45, 2.75) is 11.8 Å². The molecule has 0 saturated heterocycles. The van der Waals surface area contributed by atoms with Crippen LogP contribution in [0.1, 0.15) is 5.69 Å². The molecule has 0 bridgehead atoms. The summed E-state index contributed by atoms with van der Waals surface area (Å²) in [6, 6.07) is 11.7. The standard InChI is InChI=1S/C18H14FN3O2S2/c1-12-11-25-18-20-17(10-22(12)18)13-2-6-15(7-3-13)21-26(23,24)16-8-4-14(19)5-9-16/h2-11,21H,1H3. The topological polar surface area (TPSA) is 63.5 Å². The van der Waals surface area contributed by atoms with Crippen LogP contribution < -0.4 is 4.72 Å². The molecule has 0 spiro atoms. The monoisotopic (exact) mass is 387 g/mol. The summed E-state index contributed by atoms with van der Waals surface area (Å²) in [5, 5.41) is 2.04. The van der Waals surface area contributed by atoms with Gasteiger partial charge in [0.1, 0.15) is 5.82 Å². The van der Waals surface area contributed by atoms with Crippen LogP contribution in [-0.2, 0) is 10.0 Å². The molecule has 5 nitrogen and oxygen atoms in total. The number of halogens is 1. The molecule has 0 saturated carbocycles. The Bertz CT molecular complexity index is 1180. The summed E-state index contributed by atoms with van der Waals surface area (Å²) in [4.78, 5) is 5.49. The maximum Gasteiger partial charge on any atom is 0.261 e. The fraction of sp³-hybridized carbons (Fsp3) is 0.0556. The second-order valence-electron chi connectivity index (χ2n) is 5.79. The van der Waals surface area contributed by atoms with E-state index in [1.807, 2.05) is 35.0 Å². The fourth-order valence-corrected chi connectivity index (χ4v) is 4.48. The third-order valence-corrected chi connectivity index (χ3v) is 6.30. The molecule has 4 aromatic rings. The van der Waals surface area contributed by atoms with Gasteiger partial charge in [0.15, 0.2) is 4.96 Å². The van der Waals surface area contributed by atoms with E-state index in [-0.39, 0.29) is 4.90 Å². The van der Waals surface area contributed by atoms with E-state index < -0.39 is 15.8 Å². The van der Waals surface area contributed by atoms with Crippen molar-refractivity contribution in [3.63, 3.8) is 0 Å². The number of hydrogen-bond acceptors (Lipinski definition) is 4. The number of aromatic nitrogens is 2. The second-order valence-corrected chi connectivity index (χ2v) is 8.31. The molecule has 2 aromatic carbocycles. The maximum atomic E-state index is 13.0. The first kappa shape index (κ1) is 16.7. The van der Waals surface area contributed by atoms with Crippen LogP contribution in [0.4, 0.5) is 10.1 Å². The number of hydrogen-bond donors (Lipinski definition) is 1. The summed E-state index contributed by atoms with van der Waals surface area (Å²) in [5.41, 5.74) is 3.26. The predicted octanol–water partition coefficient (Wildman–Crippen LogP) is 4.31. The van der Waals surface area contributed by atoms with Crippen LogP contribution in [0.3, 0.4) is 0 Å². The molecule has 0 aliphatic rings. The van der Waals surface area contributed by atoms with Gasteiger partial charge in [0.25, 0.3) is 10.0 Å². The zero-order valence-electron chi connectivity index (χ0n) is 13.7. The molecular weight excluding hydrogens is 373 g/mol. The van der Waals surface area contributed by atoms with E-state index in [1.165, 1.54) is 12.1 Å². The highest BCUT2D eigenvalue weighted by Crippen LogP contribution is 2.25. The van der Waals surface area contributed by atoms with Gasteiger partial charge in [-0.05, 0) is 43.3 Å². The molecule has 26 heavy (non-hydrogen) atoms. The van der Waals surface area contributed by atoms with Crippen molar-refractivity contribution in [1.29, 1.82) is 0 Å². The number of imidazole rings is 1. The summed E-state index contributed by atoms with van der Waals surface area (Å²) in [6.07, 6.45) is 1.96. The van der Waals surface area contributed by atoms with E-state index >= 15 is 0 Å². The number of benzene rings is 2. The average Bonchev–Trinajstić information content (AvgIpc) is 3.18. The lowest BCUT2D eigenvalue weighted by Crippen LogP contribution is -2.12. The lowest BCUT2D eigenvalue weighted by atomic mass is 10.1. The molecule has 132 valence electrons. The minimum atomic E-state index is -3.76. The van der Waals surface area contributed by atoms with Gasteiger partial charge >= 0.3 is 0 Å². The Morgan fingerprint density at radius 2 is 1.77 bits per heavy atom. The summed E-state index contributed by atoms with van der Waals surface area (Å²) in [5.74, 6) is -0.483. The maximum absolute atomic E-state index is 13.0. The second kappa shape index (κ2) is 6.22. The summed E-state index contributed by atoms with van der Waals surface area (Å²) < 4.78 is 42.2. The highest BCUT2D eigenvalue weighted by atomic mass is 32.2. The van der Waals surface area contributed by atoms with Crippen molar-refractivity contribution in [2.75, 3.05) is 4.72 Å². The Hall–Kier alpha value is -2.71. The largest absolute Gasteiger partial charge is 0.294 e. The third-order valence-electron chi connectivity index (χ3n) is 3.95. The molecule has 0 fully saturated rings. The third kappa shape index (κ3) is 3.09. The zero-order chi connectivity index (χ0) is 18.3. The van der Waals surface area contributed by atoms with E-state index in [4.69, 9.17) is 0 Å². The summed E-state index contributed by atoms with van der Waals surface area (Å²) >= 11 is 1.57. The van der Waals surface area contributed by atoms with E-state index in [0.717, 1.165) is 34.0 Å². The van der Waals surface area contributed by atoms with Crippen LogP contribution in [0, 0.1) is 12.7 Å². The average molecular weight is 387 g/mol. The number of aryl methyl sites for hydroxylation is 1. The zero-order valence-corrected chi connectivity index (χ0v) is 15.3. The molecule has 0 unspecified atom stereocenters. The van der Waals surface area contributed by atoms with Crippen LogP contribution in [0.5, 0.6) is 0 Å². The van der Waals surface area contributed by atoms with E-state index in [9.17, 15) is 12.8 Å². The molecule has 8 heteroatoms. The van der Waals surface area contributed by atoms with Crippen molar-refractivity contribution < 1.29 is 12.8 Å². The quantitative estimate of drug-likeness (QED) is 0.567. The number of thiazole rings is 1. The highest BCUT2D eigenvalue weighted by Gasteiger charge is 2.14. The van der Waals surface area contributed by atoms with Crippen LogP contribution in [-0.4, -0.2) is 17.8 Å². The van der Waals surface area contributed by atoms with Crippen molar-refractivity contribution in [3.8, 4) is 11.3 Å². The van der Waals surface area contributed by atoms with Gasteiger partial charge in [-0.2, -0.15) is 0 Å². The van der Waals surface area contributed by atoms with Gasteiger partial charge in [-0.25, -0.2) is 17.8 Å². The normalized spacial score (nSPS) is 11.8. The van der Waals surface area contributed by atoms with E-state index in [1.54, 1.807) is 23.5 Å². The summed E-state index contributed by atoms with van der Waals surface area (Å²) in [7, 11) is -3.76. The number of nitrogens with zero attached hydrogens (tertiary/aromatic N) is 2. The van der Waals surface area contributed by atoms with Gasteiger partial charge in [-0.15, -0.1) is 11.3 Å². The minimum absolute atomic E-state index is 0.00721. The molecule has 2 aromatic heterocycles. The van der Waals surface area contributed by atoms with Crippen molar-refractivity contribution in [2.24, 2.45) is 0 Å². The predicted molar refractivity (Wildman–Crippen MR) is 100 cm³/mol. The number of sulfonamides is 1. The SMILES string of the molecule is Cc1csc2nc(-c3ccc(NS(=O)(=O)c4ccc(F)cc4)cc3)cn12. The molecule has 0 atom stereocenters. The summed E-state index contributed by atoms with van der Waals surface area (Å²) in [6.45, 7) is 2.02. The number of anilines is 1. The lowest BCUT2D eigenvalue weighted by Gasteiger charge is -2.08. The van der Waals surface area contributed by atoms with Crippen LogP contribution in [0.15, 0.2) is 65.0 Å². The smallest absolute Gasteiger partial charge is 0.261 e. The van der Waals surface area contributed by atoms with Crippen molar-refractivity contribution in [3.05, 3.63) is 71.6 Å². The van der Waals surface area contributed by atoms with Crippen LogP contribution in [0.2, 0.25) is 0 Å². The molecule has 0 aliphatic heterocycles. The number of rotatable bonds is 4. The van der Waals surface area contributed by atoms with Gasteiger partial charge in [-0.1, -0.05) is 12.1 Å². The number of nitrogens with one attached hydrogen (secondary N) is 1. The van der Waals surface area contributed by atoms with Gasteiger partial charge in [0, 0.05) is 28.5 Å². The first-order valence-electron chi connectivity index (χ1n) is 7.74. The molecule has 0 aliphatic carbocycles. The molecule has 0 amide bonds.